The normalized spacial score (nSPS) is 17.4. The van der Waals surface area contributed by atoms with E-state index in [1.807, 2.05) is 4.90 Å². The third-order valence-corrected chi connectivity index (χ3v) is 4.78. The zero-order chi connectivity index (χ0) is 20.3. The van der Waals surface area contributed by atoms with Crippen molar-refractivity contribution in [3.8, 4) is 0 Å². The maximum atomic E-state index is 13.5. The van der Waals surface area contributed by atoms with Gasteiger partial charge < -0.3 is 16.0 Å². The highest BCUT2D eigenvalue weighted by atomic mass is 19.3. The van der Waals surface area contributed by atoms with Crippen LogP contribution in [-0.2, 0) is 0 Å². The molecule has 0 aliphatic carbocycles. The minimum atomic E-state index is -2.81. The molecule has 3 heterocycles. The Labute approximate surface area is 167 Å². The summed E-state index contributed by atoms with van der Waals surface area (Å²) in [7, 11) is 0. The third kappa shape index (κ3) is 4.44. The summed E-state index contributed by atoms with van der Waals surface area (Å²) in [4.78, 5) is 23.1. The standard InChI is InChI=1S/C20H25F2N5O.3H2/c1-12(2)10-13-11-27(9-8-24-13)16-6-5-14(19(21)22)17(26-16)18(28)15-4-3-7-25-20(15)23;;;/h3-7,12-13,19,24H,8-11H2,1-2H3,(H2,23,25);3*1H/t13-;;;/m0.../s1. The Morgan fingerprint density at radius 1 is 1.39 bits per heavy atom. The molecule has 6 nitrogen and oxygen atoms in total. The van der Waals surface area contributed by atoms with Crippen molar-refractivity contribution in [1.29, 1.82) is 0 Å². The van der Waals surface area contributed by atoms with Crippen LogP contribution in [0.1, 0.15) is 52.6 Å². The predicted octanol–water partition coefficient (Wildman–Crippen LogP) is 3.79. The van der Waals surface area contributed by atoms with Gasteiger partial charge in [0.05, 0.1) is 5.56 Å². The molecular formula is C20H31F2N5O. The topological polar surface area (TPSA) is 84.1 Å². The second-order valence-corrected chi connectivity index (χ2v) is 7.40. The Morgan fingerprint density at radius 3 is 2.86 bits per heavy atom. The van der Waals surface area contributed by atoms with Crippen molar-refractivity contribution in [2.75, 3.05) is 30.3 Å². The van der Waals surface area contributed by atoms with E-state index in [4.69, 9.17) is 5.73 Å². The first kappa shape index (κ1) is 20.1. The number of piperazine rings is 1. The number of nitrogen functional groups attached to an aromatic ring is 1. The van der Waals surface area contributed by atoms with Gasteiger partial charge in [-0.25, -0.2) is 18.7 Å². The number of hydrogen-bond acceptors (Lipinski definition) is 6. The van der Waals surface area contributed by atoms with Gasteiger partial charge in [0.25, 0.3) is 6.43 Å². The number of rotatable bonds is 6. The van der Waals surface area contributed by atoms with Crippen molar-refractivity contribution in [2.24, 2.45) is 5.92 Å². The van der Waals surface area contributed by atoms with E-state index in [-0.39, 0.29) is 21.4 Å². The molecule has 1 fully saturated rings. The van der Waals surface area contributed by atoms with Gasteiger partial charge in [-0.3, -0.25) is 4.79 Å². The number of nitrogens with one attached hydrogen (secondary N) is 1. The third-order valence-electron chi connectivity index (χ3n) is 4.78. The first-order valence-corrected chi connectivity index (χ1v) is 9.39. The number of carbonyl (C=O) groups excluding carboxylic acids is 1. The number of alkyl halides is 2. The Morgan fingerprint density at radius 2 is 2.18 bits per heavy atom. The van der Waals surface area contributed by atoms with Gasteiger partial charge >= 0.3 is 0 Å². The zero-order valence-electron chi connectivity index (χ0n) is 16.0. The highest BCUT2D eigenvalue weighted by Gasteiger charge is 2.26. The molecule has 0 unspecified atom stereocenters. The number of ketones is 1. The Bertz CT molecular complexity index is 857. The van der Waals surface area contributed by atoms with Crippen molar-refractivity contribution in [2.45, 2.75) is 32.7 Å². The fourth-order valence-electron chi connectivity index (χ4n) is 3.49. The van der Waals surface area contributed by atoms with E-state index in [0.717, 1.165) is 13.0 Å². The highest BCUT2D eigenvalue weighted by molar-refractivity contribution is 6.11. The summed E-state index contributed by atoms with van der Waals surface area (Å²) in [6.07, 6.45) is -0.362. The Balaban J connectivity index is 0.00000300. The van der Waals surface area contributed by atoms with Crippen LogP contribution < -0.4 is 16.0 Å². The molecule has 0 amide bonds. The lowest BCUT2D eigenvalue weighted by molar-refractivity contribution is 0.101. The van der Waals surface area contributed by atoms with Gasteiger partial charge in [-0.1, -0.05) is 13.8 Å². The quantitative estimate of drug-likeness (QED) is 0.724. The molecule has 8 heteroatoms. The molecule has 1 aliphatic heterocycles. The lowest BCUT2D eigenvalue weighted by atomic mass is 10.0. The van der Waals surface area contributed by atoms with Crippen molar-refractivity contribution < 1.29 is 17.9 Å². The van der Waals surface area contributed by atoms with Crippen LogP contribution in [0, 0.1) is 5.92 Å². The number of halogens is 2. The largest absolute Gasteiger partial charge is 0.383 e. The molecule has 3 rings (SSSR count). The maximum absolute atomic E-state index is 13.5. The van der Waals surface area contributed by atoms with Gasteiger partial charge in [-0.05, 0) is 36.6 Å². The van der Waals surface area contributed by atoms with E-state index < -0.39 is 17.8 Å². The van der Waals surface area contributed by atoms with Gasteiger partial charge in [0.15, 0.2) is 0 Å². The minimum Gasteiger partial charge on any atom is -0.383 e. The fraction of sp³-hybridized carbons (Fsp3) is 0.450. The SMILES string of the molecule is CC(C)C[C@H]1CN(c2ccc(C(F)F)c(C(=O)c3cccnc3N)n2)CCN1.[HH].[HH].[HH]. The van der Waals surface area contributed by atoms with Crippen LogP contribution in [0.5, 0.6) is 0 Å². The molecule has 0 radical (unpaired) electrons. The second kappa shape index (κ2) is 8.60. The summed E-state index contributed by atoms with van der Waals surface area (Å²) < 4.78 is 27.0. The lowest BCUT2D eigenvalue weighted by Crippen LogP contribution is -2.51. The van der Waals surface area contributed by atoms with E-state index >= 15 is 0 Å². The molecule has 3 N–H and O–H groups in total. The molecule has 28 heavy (non-hydrogen) atoms. The van der Waals surface area contributed by atoms with Crippen LogP contribution in [0.25, 0.3) is 0 Å². The second-order valence-electron chi connectivity index (χ2n) is 7.40. The van der Waals surface area contributed by atoms with Crippen molar-refractivity contribution >= 4 is 17.4 Å². The van der Waals surface area contributed by atoms with Gasteiger partial charge in [0.1, 0.15) is 17.3 Å². The summed E-state index contributed by atoms with van der Waals surface area (Å²) in [5, 5.41) is 3.47. The van der Waals surface area contributed by atoms with Gasteiger partial charge in [-0.2, -0.15) is 0 Å². The van der Waals surface area contributed by atoms with Crippen LogP contribution in [0.4, 0.5) is 20.4 Å². The number of aromatic nitrogens is 2. The Kier molecular flexibility index (Phi) is 6.18. The zero-order valence-corrected chi connectivity index (χ0v) is 16.0. The highest BCUT2D eigenvalue weighted by Crippen LogP contribution is 2.28. The first-order chi connectivity index (χ1) is 13.4. The molecule has 1 aliphatic rings. The summed E-state index contributed by atoms with van der Waals surface area (Å²) in [5.41, 5.74) is 5.17. The number of nitrogens with two attached hydrogens (primary N) is 1. The molecule has 1 saturated heterocycles. The minimum absolute atomic E-state index is 0. The fourth-order valence-corrected chi connectivity index (χ4v) is 3.49. The van der Waals surface area contributed by atoms with E-state index in [0.29, 0.717) is 30.9 Å². The molecule has 0 bridgehead atoms. The molecule has 0 saturated carbocycles. The average Bonchev–Trinajstić information content (AvgIpc) is 2.67. The molecular weight excluding hydrogens is 364 g/mol. The average molecular weight is 395 g/mol. The summed E-state index contributed by atoms with van der Waals surface area (Å²) >= 11 is 0. The van der Waals surface area contributed by atoms with E-state index in [1.165, 1.54) is 18.3 Å². The molecule has 0 aromatic carbocycles. The summed E-state index contributed by atoms with van der Waals surface area (Å²) in [6.45, 7) is 6.49. The van der Waals surface area contributed by atoms with Gasteiger partial charge in [0.2, 0.25) is 5.78 Å². The number of anilines is 2. The van der Waals surface area contributed by atoms with E-state index in [1.54, 1.807) is 12.1 Å². The summed E-state index contributed by atoms with van der Waals surface area (Å²) in [6, 6.07) is 6.15. The van der Waals surface area contributed by atoms with Crippen LogP contribution in [0.15, 0.2) is 30.5 Å². The Hall–Kier alpha value is -2.61. The smallest absolute Gasteiger partial charge is 0.266 e. The van der Waals surface area contributed by atoms with Crippen LogP contribution in [-0.4, -0.2) is 41.4 Å². The molecule has 0 spiro atoms. The summed E-state index contributed by atoms with van der Waals surface area (Å²) in [5.74, 6) is 0.415. The van der Waals surface area contributed by atoms with Crippen molar-refractivity contribution in [3.05, 3.63) is 47.3 Å². The lowest BCUT2D eigenvalue weighted by Gasteiger charge is -2.35. The predicted molar refractivity (Wildman–Crippen MR) is 111 cm³/mol. The van der Waals surface area contributed by atoms with E-state index in [9.17, 15) is 13.6 Å². The number of hydrogen-bond donors (Lipinski definition) is 2. The van der Waals surface area contributed by atoms with Crippen LogP contribution in [0.3, 0.4) is 0 Å². The monoisotopic (exact) mass is 395 g/mol. The van der Waals surface area contributed by atoms with Crippen LogP contribution in [0.2, 0.25) is 0 Å². The number of carbonyl (C=O) groups is 1. The van der Waals surface area contributed by atoms with Crippen molar-refractivity contribution in [3.63, 3.8) is 0 Å². The van der Waals surface area contributed by atoms with Gasteiger partial charge in [-0.15, -0.1) is 0 Å². The van der Waals surface area contributed by atoms with Crippen LogP contribution >= 0.6 is 0 Å². The molecule has 2 aromatic rings. The molecule has 1 atom stereocenters. The number of nitrogens with zero attached hydrogens (tertiary/aromatic N) is 3. The molecule has 156 valence electrons. The maximum Gasteiger partial charge on any atom is 0.266 e. The molecule has 2 aromatic heterocycles. The first-order valence-electron chi connectivity index (χ1n) is 9.39. The number of pyridine rings is 2. The van der Waals surface area contributed by atoms with Gasteiger partial charge in [0, 0.05) is 41.7 Å². The van der Waals surface area contributed by atoms with E-state index in [2.05, 4.69) is 29.1 Å². The van der Waals surface area contributed by atoms with Crippen molar-refractivity contribution in [1.82, 2.24) is 15.3 Å².